The Balaban J connectivity index is 2.98. The number of nitro groups is 1. The molecule has 0 aliphatic rings. The van der Waals surface area contributed by atoms with Crippen LogP contribution in [0.1, 0.15) is 5.56 Å². The van der Waals surface area contributed by atoms with E-state index in [1.54, 1.807) is 24.3 Å². The number of methoxy groups -OCH3 is 2. The number of nitrogens with zero attached hydrogens (tertiary/aromatic N) is 1. The van der Waals surface area contributed by atoms with Crippen molar-refractivity contribution in [3.8, 4) is 5.75 Å². The van der Waals surface area contributed by atoms with Crippen LogP contribution in [0.15, 0.2) is 29.8 Å². The van der Waals surface area contributed by atoms with Gasteiger partial charge in [-0.25, -0.2) is 4.79 Å². The average Bonchev–Trinajstić information content (AvgIpc) is 2.37. The SMILES string of the molecule is COC(=O)/C(=C/c1ccc(OC)cc1)C[N+](=O)[O-]. The Morgan fingerprint density at radius 3 is 2.39 bits per heavy atom. The van der Waals surface area contributed by atoms with Crippen molar-refractivity contribution in [2.24, 2.45) is 0 Å². The monoisotopic (exact) mass is 251 g/mol. The van der Waals surface area contributed by atoms with Gasteiger partial charge in [0.25, 0.3) is 0 Å². The lowest BCUT2D eigenvalue weighted by Crippen LogP contribution is -2.14. The first-order chi connectivity index (χ1) is 8.56. The molecule has 0 fully saturated rings. The predicted molar refractivity (Wildman–Crippen MR) is 64.8 cm³/mol. The summed E-state index contributed by atoms with van der Waals surface area (Å²) in [5.41, 5.74) is 0.658. The fraction of sp³-hybridized carbons (Fsp3) is 0.250. The topological polar surface area (TPSA) is 78.7 Å². The van der Waals surface area contributed by atoms with Gasteiger partial charge in [0.2, 0.25) is 6.54 Å². The normalized spacial score (nSPS) is 10.9. The number of hydrogen-bond donors (Lipinski definition) is 0. The van der Waals surface area contributed by atoms with Gasteiger partial charge in [-0.05, 0) is 23.8 Å². The number of carbonyl (C=O) groups excluding carboxylic acids is 1. The summed E-state index contributed by atoms with van der Waals surface area (Å²) in [7, 11) is 2.72. The number of esters is 1. The maximum absolute atomic E-state index is 11.4. The fourth-order valence-corrected chi connectivity index (χ4v) is 1.34. The van der Waals surface area contributed by atoms with Crippen LogP contribution in [-0.2, 0) is 9.53 Å². The van der Waals surface area contributed by atoms with E-state index < -0.39 is 17.4 Å². The second-order valence-corrected chi connectivity index (χ2v) is 3.43. The highest BCUT2D eigenvalue weighted by molar-refractivity contribution is 5.93. The molecular weight excluding hydrogens is 238 g/mol. The summed E-state index contributed by atoms with van der Waals surface area (Å²) in [6.07, 6.45) is 1.42. The van der Waals surface area contributed by atoms with Crippen molar-refractivity contribution in [3.63, 3.8) is 0 Å². The van der Waals surface area contributed by atoms with Crippen LogP contribution in [0.25, 0.3) is 6.08 Å². The highest BCUT2D eigenvalue weighted by Gasteiger charge is 2.15. The van der Waals surface area contributed by atoms with Crippen molar-refractivity contribution in [2.75, 3.05) is 20.8 Å². The molecule has 96 valence electrons. The van der Waals surface area contributed by atoms with Gasteiger partial charge in [-0.3, -0.25) is 10.1 Å². The molecule has 0 aliphatic heterocycles. The van der Waals surface area contributed by atoms with Crippen molar-refractivity contribution >= 4 is 12.0 Å². The van der Waals surface area contributed by atoms with E-state index in [1.807, 2.05) is 0 Å². The van der Waals surface area contributed by atoms with E-state index >= 15 is 0 Å². The number of benzene rings is 1. The van der Waals surface area contributed by atoms with Crippen LogP contribution in [-0.4, -0.2) is 31.7 Å². The molecule has 1 aromatic rings. The largest absolute Gasteiger partial charge is 0.497 e. The Bertz CT molecular complexity index is 464. The first-order valence-corrected chi connectivity index (χ1v) is 5.11. The molecule has 0 bridgehead atoms. The third-order valence-electron chi connectivity index (χ3n) is 2.20. The highest BCUT2D eigenvalue weighted by atomic mass is 16.6. The van der Waals surface area contributed by atoms with Crippen LogP contribution >= 0.6 is 0 Å². The second-order valence-electron chi connectivity index (χ2n) is 3.43. The summed E-state index contributed by atoms with van der Waals surface area (Å²) in [5, 5.41) is 10.5. The Labute approximate surface area is 104 Å². The predicted octanol–water partition coefficient (Wildman–Crippen LogP) is 1.53. The van der Waals surface area contributed by atoms with Gasteiger partial charge in [-0.1, -0.05) is 12.1 Å². The van der Waals surface area contributed by atoms with Gasteiger partial charge in [0, 0.05) is 4.92 Å². The second kappa shape index (κ2) is 6.39. The van der Waals surface area contributed by atoms with Gasteiger partial charge in [0.1, 0.15) is 11.3 Å². The van der Waals surface area contributed by atoms with Crippen LogP contribution < -0.4 is 4.74 Å². The highest BCUT2D eigenvalue weighted by Crippen LogP contribution is 2.14. The number of carbonyl (C=O) groups is 1. The first-order valence-electron chi connectivity index (χ1n) is 5.11. The van der Waals surface area contributed by atoms with E-state index in [9.17, 15) is 14.9 Å². The van der Waals surface area contributed by atoms with Gasteiger partial charge in [0.05, 0.1) is 14.2 Å². The summed E-state index contributed by atoms with van der Waals surface area (Å²) in [6.45, 7) is -0.571. The summed E-state index contributed by atoms with van der Waals surface area (Å²) >= 11 is 0. The molecule has 1 aromatic carbocycles. The number of ether oxygens (including phenoxy) is 2. The van der Waals surface area contributed by atoms with Crippen LogP contribution in [0, 0.1) is 10.1 Å². The molecule has 0 aromatic heterocycles. The number of rotatable bonds is 5. The van der Waals surface area contributed by atoms with Gasteiger partial charge in [0.15, 0.2) is 0 Å². The quantitative estimate of drug-likeness (QED) is 0.343. The minimum absolute atomic E-state index is 0.00679. The molecule has 0 N–H and O–H groups in total. The van der Waals surface area contributed by atoms with E-state index in [-0.39, 0.29) is 5.57 Å². The summed E-state index contributed by atoms with van der Waals surface area (Å²) < 4.78 is 9.48. The lowest BCUT2D eigenvalue weighted by Gasteiger charge is -2.02. The van der Waals surface area contributed by atoms with Crippen LogP contribution in [0.2, 0.25) is 0 Å². The minimum atomic E-state index is -0.706. The van der Waals surface area contributed by atoms with Crippen LogP contribution in [0.5, 0.6) is 5.75 Å². The lowest BCUT2D eigenvalue weighted by molar-refractivity contribution is -0.470. The van der Waals surface area contributed by atoms with Crippen molar-refractivity contribution in [2.45, 2.75) is 0 Å². The van der Waals surface area contributed by atoms with Crippen molar-refractivity contribution in [1.82, 2.24) is 0 Å². The van der Waals surface area contributed by atoms with Crippen molar-refractivity contribution in [3.05, 3.63) is 45.5 Å². The molecule has 0 radical (unpaired) electrons. The molecule has 1 rings (SSSR count). The molecule has 0 saturated carbocycles. The third kappa shape index (κ3) is 3.89. The Kier molecular flexibility index (Phi) is 4.86. The number of hydrogen-bond acceptors (Lipinski definition) is 5. The maximum atomic E-state index is 11.4. The molecule has 6 heteroatoms. The molecule has 0 atom stereocenters. The summed E-state index contributed by atoms with van der Waals surface area (Å²) in [6, 6.07) is 6.79. The molecule has 0 spiro atoms. The molecule has 6 nitrogen and oxygen atoms in total. The van der Waals surface area contributed by atoms with E-state index in [2.05, 4.69) is 4.74 Å². The molecule has 0 saturated heterocycles. The lowest BCUT2D eigenvalue weighted by atomic mass is 10.1. The van der Waals surface area contributed by atoms with Gasteiger partial charge >= 0.3 is 5.97 Å². The first kappa shape index (κ1) is 13.7. The van der Waals surface area contributed by atoms with Crippen LogP contribution in [0.4, 0.5) is 0 Å². The zero-order valence-electron chi connectivity index (χ0n) is 10.1. The fourth-order valence-electron chi connectivity index (χ4n) is 1.34. The summed E-state index contributed by atoms with van der Waals surface area (Å²) in [4.78, 5) is 21.2. The van der Waals surface area contributed by atoms with E-state index in [4.69, 9.17) is 4.74 Å². The molecule has 0 amide bonds. The van der Waals surface area contributed by atoms with Gasteiger partial charge < -0.3 is 9.47 Å². The smallest absolute Gasteiger partial charge is 0.340 e. The Morgan fingerprint density at radius 1 is 1.33 bits per heavy atom. The Hall–Kier alpha value is -2.37. The Morgan fingerprint density at radius 2 is 1.94 bits per heavy atom. The molecule has 18 heavy (non-hydrogen) atoms. The standard InChI is InChI=1S/C12H13NO5/c1-17-11-5-3-9(4-6-11)7-10(8-13(15)16)12(14)18-2/h3-7H,8H2,1-2H3/b10-7+. The molecule has 0 unspecified atom stereocenters. The average molecular weight is 251 g/mol. The zero-order chi connectivity index (χ0) is 13.5. The molecule has 0 heterocycles. The van der Waals surface area contributed by atoms with Crippen molar-refractivity contribution in [1.29, 1.82) is 0 Å². The molecular formula is C12H13NO5. The zero-order valence-corrected chi connectivity index (χ0v) is 10.1. The third-order valence-corrected chi connectivity index (χ3v) is 2.20. The van der Waals surface area contributed by atoms with Gasteiger partial charge in [-0.15, -0.1) is 0 Å². The van der Waals surface area contributed by atoms with Crippen molar-refractivity contribution < 1.29 is 19.2 Å². The molecule has 0 aliphatic carbocycles. The van der Waals surface area contributed by atoms with Crippen LogP contribution in [0.3, 0.4) is 0 Å². The minimum Gasteiger partial charge on any atom is -0.497 e. The van der Waals surface area contributed by atoms with E-state index in [1.165, 1.54) is 20.3 Å². The van der Waals surface area contributed by atoms with E-state index in [0.29, 0.717) is 11.3 Å². The van der Waals surface area contributed by atoms with Gasteiger partial charge in [-0.2, -0.15) is 0 Å². The van der Waals surface area contributed by atoms with E-state index in [0.717, 1.165) is 0 Å². The summed E-state index contributed by atoms with van der Waals surface area (Å²) in [5.74, 6) is -0.0384. The maximum Gasteiger partial charge on any atom is 0.340 e.